The normalized spacial score (nSPS) is 21.3. The van der Waals surface area contributed by atoms with Crippen LogP contribution in [-0.2, 0) is 10.0 Å². The Morgan fingerprint density at radius 1 is 1.38 bits per heavy atom. The van der Waals surface area contributed by atoms with E-state index in [1.54, 1.807) is 18.2 Å². The van der Waals surface area contributed by atoms with Gasteiger partial charge in [0, 0.05) is 6.04 Å². The van der Waals surface area contributed by atoms with Crippen LogP contribution in [0.4, 0.5) is 5.69 Å². The lowest BCUT2D eigenvalue weighted by molar-refractivity contribution is 0.341. The number of sulfonamides is 1. The fourth-order valence-electron chi connectivity index (χ4n) is 2.72. The summed E-state index contributed by atoms with van der Waals surface area (Å²) in [6, 6.07) is 7.12. The van der Waals surface area contributed by atoms with Crippen molar-refractivity contribution in [2.24, 2.45) is 5.41 Å². The van der Waals surface area contributed by atoms with Crippen LogP contribution in [-0.4, -0.2) is 26.8 Å². The summed E-state index contributed by atoms with van der Waals surface area (Å²) >= 11 is 0. The minimum Gasteiger partial charge on any atom is -0.490 e. The molecule has 1 saturated carbocycles. The van der Waals surface area contributed by atoms with Crippen LogP contribution in [0.5, 0.6) is 5.75 Å². The summed E-state index contributed by atoms with van der Waals surface area (Å²) in [5, 5.41) is 0. The SMILES string of the molecule is CC1(C)CCC(NS(=O)(=O)CCOc2ccccc2N)C1. The molecule has 0 spiro atoms. The van der Waals surface area contributed by atoms with Gasteiger partial charge in [-0.3, -0.25) is 0 Å². The van der Waals surface area contributed by atoms with Gasteiger partial charge in [0.05, 0.1) is 11.4 Å². The van der Waals surface area contributed by atoms with Gasteiger partial charge in [-0.2, -0.15) is 0 Å². The fraction of sp³-hybridized carbons (Fsp3) is 0.600. The summed E-state index contributed by atoms with van der Waals surface area (Å²) in [5.41, 5.74) is 6.48. The zero-order chi connectivity index (χ0) is 15.5. The maximum Gasteiger partial charge on any atom is 0.215 e. The molecule has 21 heavy (non-hydrogen) atoms. The molecule has 118 valence electrons. The van der Waals surface area contributed by atoms with Crippen LogP contribution >= 0.6 is 0 Å². The number of benzene rings is 1. The Morgan fingerprint density at radius 3 is 2.71 bits per heavy atom. The molecule has 1 atom stereocenters. The maximum atomic E-state index is 12.1. The average Bonchev–Trinajstić information content (AvgIpc) is 2.70. The molecule has 1 aliphatic rings. The van der Waals surface area contributed by atoms with Crippen LogP contribution in [0, 0.1) is 5.41 Å². The van der Waals surface area contributed by atoms with E-state index in [4.69, 9.17) is 10.5 Å². The van der Waals surface area contributed by atoms with Crippen molar-refractivity contribution < 1.29 is 13.2 Å². The lowest BCUT2D eigenvalue weighted by Crippen LogP contribution is -2.36. The van der Waals surface area contributed by atoms with Crippen molar-refractivity contribution in [3.8, 4) is 5.75 Å². The third-order valence-corrected chi connectivity index (χ3v) is 5.24. The second-order valence-corrected chi connectivity index (χ2v) is 8.30. The molecule has 6 heteroatoms. The Labute approximate surface area is 126 Å². The first-order valence-electron chi connectivity index (χ1n) is 7.25. The van der Waals surface area contributed by atoms with E-state index in [1.165, 1.54) is 0 Å². The van der Waals surface area contributed by atoms with E-state index >= 15 is 0 Å². The molecule has 1 aromatic rings. The number of hydrogen-bond donors (Lipinski definition) is 2. The van der Waals surface area contributed by atoms with Gasteiger partial charge >= 0.3 is 0 Å². The molecule has 0 bridgehead atoms. The third kappa shape index (κ3) is 4.89. The molecule has 0 radical (unpaired) electrons. The minimum atomic E-state index is -3.31. The summed E-state index contributed by atoms with van der Waals surface area (Å²) in [7, 11) is -3.31. The third-order valence-electron chi connectivity index (χ3n) is 3.84. The first-order valence-corrected chi connectivity index (χ1v) is 8.90. The number of nitrogens with one attached hydrogen (secondary N) is 1. The topological polar surface area (TPSA) is 81.4 Å². The highest BCUT2D eigenvalue weighted by molar-refractivity contribution is 7.89. The smallest absolute Gasteiger partial charge is 0.215 e. The molecule has 1 unspecified atom stereocenters. The summed E-state index contributed by atoms with van der Waals surface area (Å²) < 4.78 is 32.3. The van der Waals surface area contributed by atoms with Crippen molar-refractivity contribution in [1.82, 2.24) is 4.72 Å². The van der Waals surface area contributed by atoms with Crippen LogP contribution < -0.4 is 15.2 Å². The quantitative estimate of drug-likeness (QED) is 0.789. The molecule has 1 aromatic carbocycles. The number of nitrogens with two attached hydrogens (primary N) is 1. The Kier molecular flexibility index (Phi) is 4.78. The highest BCUT2D eigenvalue weighted by Crippen LogP contribution is 2.37. The highest BCUT2D eigenvalue weighted by atomic mass is 32.2. The van der Waals surface area contributed by atoms with Crippen molar-refractivity contribution in [2.75, 3.05) is 18.1 Å². The van der Waals surface area contributed by atoms with Gasteiger partial charge in [0.25, 0.3) is 0 Å². The first-order chi connectivity index (χ1) is 9.77. The van der Waals surface area contributed by atoms with Crippen LogP contribution in [0.3, 0.4) is 0 Å². The van der Waals surface area contributed by atoms with Gasteiger partial charge in [-0.05, 0) is 36.8 Å². The Morgan fingerprint density at radius 2 is 2.10 bits per heavy atom. The average molecular weight is 312 g/mol. The fourth-order valence-corrected chi connectivity index (χ4v) is 3.85. The number of anilines is 1. The summed E-state index contributed by atoms with van der Waals surface area (Å²) in [4.78, 5) is 0. The summed E-state index contributed by atoms with van der Waals surface area (Å²) in [6.45, 7) is 4.44. The summed E-state index contributed by atoms with van der Waals surface area (Å²) in [6.07, 6.45) is 2.84. The van der Waals surface area contributed by atoms with E-state index in [1.807, 2.05) is 6.07 Å². The molecule has 0 aromatic heterocycles. The molecular weight excluding hydrogens is 288 g/mol. The monoisotopic (exact) mass is 312 g/mol. The van der Waals surface area contributed by atoms with Crippen molar-refractivity contribution in [1.29, 1.82) is 0 Å². The molecule has 0 saturated heterocycles. The number of hydrogen-bond acceptors (Lipinski definition) is 4. The van der Waals surface area contributed by atoms with E-state index in [-0.39, 0.29) is 23.8 Å². The van der Waals surface area contributed by atoms with E-state index < -0.39 is 10.0 Å². The van der Waals surface area contributed by atoms with E-state index in [9.17, 15) is 8.42 Å². The van der Waals surface area contributed by atoms with Crippen LogP contribution in [0.25, 0.3) is 0 Å². The van der Waals surface area contributed by atoms with Crippen molar-refractivity contribution in [3.63, 3.8) is 0 Å². The highest BCUT2D eigenvalue weighted by Gasteiger charge is 2.32. The lowest BCUT2D eigenvalue weighted by atomic mass is 9.92. The Balaban J connectivity index is 1.81. The molecule has 0 aliphatic heterocycles. The van der Waals surface area contributed by atoms with Gasteiger partial charge in [-0.1, -0.05) is 26.0 Å². The van der Waals surface area contributed by atoms with E-state index in [0.29, 0.717) is 11.4 Å². The van der Waals surface area contributed by atoms with Gasteiger partial charge in [0.2, 0.25) is 10.0 Å². The Bertz CT molecular complexity index is 584. The standard InChI is InChI=1S/C15H24N2O3S/c1-15(2)8-7-12(11-15)17-21(18,19)10-9-20-14-6-4-3-5-13(14)16/h3-6,12,17H,7-11,16H2,1-2H3. The number of ether oxygens (including phenoxy) is 1. The molecule has 1 fully saturated rings. The van der Waals surface area contributed by atoms with Crippen LogP contribution in [0.1, 0.15) is 33.1 Å². The van der Waals surface area contributed by atoms with Gasteiger partial charge in [0.1, 0.15) is 12.4 Å². The zero-order valence-electron chi connectivity index (χ0n) is 12.6. The lowest BCUT2D eigenvalue weighted by Gasteiger charge is -2.18. The maximum absolute atomic E-state index is 12.1. The van der Waals surface area contributed by atoms with Crippen molar-refractivity contribution in [3.05, 3.63) is 24.3 Å². The molecule has 2 rings (SSSR count). The molecule has 3 N–H and O–H groups in total. The largest absolute Gasteiger partial charge is 0.490 e. The molecule has 5 nitrogen and oxygen atoms in total. The van der Waals surface area contributed by atoms with Gasteiger partial charge in [-0.25, -0.2) is 13.1 Å². The van der Waals surface area contributed by atoms with Gasteiger partial charge in [-0.15, -0.1) is 0 Å². The predicted molar refractivity (Wildman–Crippen MR) is 84.7 cm³/mol. The number of para-hydroxylation sites is 2. The molecule has 0 amide bonds. The molecule has 1 aliphatic carbocycles. The molecule has 0 heterocycles. The van der Waals surface area contributed by atoms with Gasteiger partial charge < -0.3 is 10.5 Å². The van der Waals surface area contributed by atoms with Crippen molar-refractivity contribution >= 4 is 15.7 Å². The van der Waals surface area contributed by atoms with E-state index in [2.05, 4.69) is 18.6 Å². The molecular formula is C15H24N2O3S. The summed E-state index contributed by atoms with van der Waals surface area (Å²) in [5.74, 6) is 0.466. The number of rotatable bonds is 6. The first kappa shape index (κ1) is 16.1. The van der Waals surface area contributed by atoms with Crippen LogP contribution in [0.15, 0.2) is 24.3 Å². The van der Waals surface area contributed by atoms with Crippen LogP contribution in [0.2, 0.25) is 0 Å². The van der Waals surface area contributed by atoms with Gasteiger partial charge in [0.15, 0.2) is 0 Å². The minimum absolute atomic E-state index is 0.0480. The van der Waals surface area contributed by atoms with E-state index in [0.717, 1.165) is 19.3 Å². The number of nitrogen functional groups attached to an aromatic ring is 1. The predicted octanol–water partition coefficient (Wildman–Crippen LogP) is 2.15. The van der Waals surface area contributed by atoms with Crippen molar-refractivity contribution in [2.45, 2.75) is 39.2 Å². The second-order valence-electron chi connectivity index (χ2n) is 6.43. The zero-order valence-corrected chi connectivity index (χ0v) is 13.4. The Hall–Kier alpha value is -1.27. The second kappa shape index (κ2) is 6.23.